The van der Waals surface area contributed by atoms with Crippen LogP contribution in [-0.4, -0.2) is 61.5 Å². The number of ether oxygens (including phenoxy) is 2. The summed E-state index contributed by atoms with van der Waals surface area (Å²) in [5.41, 5.74) is -0.640. The Morgan fingerprint density at radius 3 is 1.24 bits per heavy atom. The summed E-state index contributed by atoms with van der Waals surface area (Å²) in [4.78, 5) is 22.6. The fourth-order valence-electron chi connectivity index (χ4n) is 3.61. The van der Waals surface area contributed by atoms with Crippen molar-refractivity contribution in [3.05, 3.63) is 120 Å². The molecule has 0 heterocycles. The van der Waals surface area contributed by atoms with Gasteiger partial charge in [0, 0.05) is 0 Å². The van der Waals surface area contributed by atoms with Crippen LogP contribution in [0.1, 0.15) is 20.7 Å². The van der Waals surface area contributed by atoms with Crippen LogP contribution in [0.4, 0.5) is 0 Å². The highest BCUT2D eigenvalue weighted by atomic mass is 32.2. The summed E-state index contributed by atoms with van der Waals surface area (Å²) >= 11 is 0. The minimum absolute atomic E-state index is 0.320. The van der Waals surface area contributed by atoms with E-state index in [0.29, 0.717) is 0 Å². The predicted octanol–water partition coefficient (Wildman–Crippen LogP) is 2.68. The lowest BCUT2D eigenvalue weighted by Gasteiger charge is -2.18. The molecule has 0 bridgehead atoms. The van der Waals surface area contributed by atoms with E-state index in [0.717, 1.165) is 18.2 Å². The van der Waals surface area contributed by atoms with Crippen LogP contribution in [0.5, 0.6) is 0 Å². The molecule has 0 amide bonds. The first kappa shape index (κ1) is 31.6. The number of esters is 2. The Balaban J connectivity index is 0.000000227. The molecular weight excluding hydrogens is 567 g/mol. The average molecular weight is 597 g/mol. The second-order valence-corrected chi connectivity index (χ2v) is 11.9. The van der Waals surface area contributed by atoms with Crippen LogP contribution in [0.15, 0.2) is 114 Å². The van der Waals surface area contributed by atoms with E-state index in [2.05, 4.69) is 100 Å². The minimum Gasteiger partial charge on any atom is -0.460 e. The maximum atomic E-state index is 11.7. The van der Waals surface area contributed by atoms with Gasteiger partial charge < -0.3 is 19.7 Å². The van der Waals surface area contributed by atoms with Crippen molar-refractivity contribution >= 4 is 45.9 Å². The zero-order valence-corrected chi connectivity index (χ0v) is 23.6. The highest BCUT2D eigenvalue weighted by molar-refractivity contribution is 7.85. The molecule has 11 heteroatoms. The summed E-state index contributed by atoms with van der Waals surface area (Å²) in [7, 11) is -5.12. The van der Waals surface area contributed by atoms with Gasteiger partial charge in [0.25, 0.3) is 10.1 Å². The van der Waals surface area contributed by atoms with Gasteiger partial charge in [-0.25, -0.2) is 9.59 Å². The van der Waals surface area contributed by atoms with Crippen LogP contribution >= 0.6 is 7.92 Å². The molecule has 9 nitrogen and oxygen atoms in total. The molecule has 3 N–H and O–H groups in total. The quantitative estimate of drug-likeness (QED) is 0.143. The smallest absolute Gasteiger partial charge is 0.338 e. The van der Waals surface area contributed by atoms with Crippen molar-refractivity contribution in [3.63, 3.8) is 0 Å². The van der Waals surface area contributed by atoms with Gasteiger partial charge in [0.2, 0.25) is 0 Å². The van der Waals surface area contributed by atoms with E-state index in [-0.39, 0.29) is 24.3 Å². The molecule has 0 aromatic heterocycles. The van der Waals surface area contributed by atoms with Crippen molar-refractivity contribution in [1.29, 1.82) is 0 Å². The van der Waals surface area contributed by atoms with Crippen LogP contribution < -0.4 is 15.9 Å². The van der Waals surface area contributed by atoms with E-state index in [1.807, 2.05) is 0 Å². The third-order valence-corrected chi connectivity index (χ3v) is 8.64. The number of rotatable bonds is 10. The van der Waals surface area contributed by atoms with Crippen LogP contribution in [-0.2, 0) is 19.6 Å². The minimum atomic E-state index is -4.67. The lowest BCUT2D eigenvalue weighted by Crippen LogP contribution is -2.20. The van der Waals surface area contributed by atoms with Crippen LogP contribution in [0, 0.1) is 0 Å². The first-order valence-electron chi connectivity index (χ1n) is 12.4. The molecular formula is C30H29O9PS. The van der Waals surface area contributed by atoms with Gasteiger partial charge >= 0.3 is 11.9 Å². The molecule has 214 valence electrons. The normalized spacial score (nSPS) is 10.8. The lowest BCUT2D eigenvalue weighted by molar-refractivity contribution is 0.0429. The van der Waals surface area contributed by atoms with Gasteiger partial charge in [-0.05, 0) is 42.0 Å². The van der Waals surface area contributed by atoms with Crippen LogP contribution in [0.2, 0.25) is 0 Å². The van der Waals surface area contributed by atoms with Crippen molar-refractivity contribution < 1.29 is 42.2 Å². The third kappa shape index (κ3) is 9.60. The predicted molar refractivity (Wildman–Crippen MR) is 156 cm³/mol. The van der Waals surface area contributed by atoms with Crippen molar-refractivity contribution in [2.45, 2.75) is 4.90 Å². The molecule has 0 atom stereocenters. The van der Waals surface area contributed by atoms with E-state index in [4.69, 9.17) is 14.8 Å². The zero-order chi connectivity index (χ0) is 29.7. The summed E-state index contributed by atoms with van der Waals surface area (Å²) in [6.07, 6.45) is 0. The highest BCUT2D eigenvalue weighted by Gasteiger charge is 2.20. The Labute approximate surface area is 239 Å². The molecule has 0 unspecified atom stereocenters. The highest BCUT2D eigenvalue weighted by Crippen LogP contribution is 2.32. The molecule has 0 fully saturated rings. The number of aliphatic hydroxyl groups is 2. The van der Waals surface area contributed by atoms with E-state index >= 15 is 0 Å². The SMILES string of the molecule is O=C(OCCO)c1cc(C(=O)OCCO)cc(S(=O)(=O)O)c1.c1ccc(P(c2ccccc2)c2ccccc2)cc1. The van der Waals surface area contributed by atoms with E-state index in [1.54, 1.807) is 0 Å². The van der Waals surface area contributed by atoms with Crippen molar-refractivity contribution in [3.8, 4) is 0 Å². The van der Waals surface area contributed by atoms with Crippen molar-refractivity contribution in [1.82, 2.24) is 0 Å². The Kier molecular flexibility index (Phi) is 12.1. The molecule has 0 aliphatic carbocycles. The van der Waals surface area contributed by atoms with Gasteiger partial charge in [-0.2, -0.15) is 8.42 Å². The van der Waals surface area contributed by atoms with Gasteiger partial charge in [-0.1, -0.05) is 91.0 Å². The molecule has 41 heavy (non-hydrogen) atoms. The number of hydrogen-bond acceptors (Lipinski definition) is 8. The van der Waals surface area contributed by atoms with Gasteiger partial charge in [-0.3, -0.25) is 4.55 Å². The van der Waals surface area contributed by atoms with Crippen molar-refractivity contribution in [2.24, 2.45) is 0 Å². The molecule has 0 aliphatic rings. The van der Waals surface area contributed by atoms with E-state index in [9.17, 15) is 18.0 Å². The standard InChI is InChI=1S/C18H15P.C12H14O9S/c1-4-10-16(11-5-1)19(17-12-6-2-7-13-17)18-14-8-3-9-15-18;13-1-3-20-11(15)8-5-9(12(16)21-4-2-14)7-10(6-8)22(17,18)19/h1-15H;5-7,13-14H,1-4H2,(H,17,18,19). The van der Waals surface area contributed by atoms with Gasteiger partial charge in [0.1, 0.15) is 13.2 Å². The van der Waals surface area contributed by atoms with Gasteiger partial charge in [0.15, 0.2) is 0 Å². The number of carbonyl (C=O) groups is 2. The second kappa shape index (κ2) is 15.8. The van der Waals surface area contributed by atoms with E-state index < -0.39 is 48.1 Å². The monoisotopic (exact) mass is 596 g/mol. The maximum absolute atomic E-state index is 11.7. The first-order chi connectivity index (χ1) is 19.7. The Bertz CT molecular complexity index is 1380. The number of hydrogen-bond donors (Lipinski definition) is 3. The summed E-state index contributed by atoms with van der Waals surface area (Å²) in [6, 6.07) is 35.0. The first-order valence-corrected chi connectivity index (χ1v) is 15.2. The molecule has 4 aromatic rings. The fraction of sp³-hybridized carbons (Fsp3) is 0.133. The molecule has 0 saturated heterocycles. The van der Waals surface area contributed by atoms with Crippen LogP contribution in [0.25, 0.3) is 0 Å². The summed E-state index contributed by atoms with van der Waals surface area (Å²) in [5, 5.41) is 21.3. The second-order valence-electron chi connectivity index (χ2n) is 8.28. The number of benzene rings is 4. The largest absolute Gasteiger partial charge is 0.460 e. The molecule has 0 spiro atoms. The van der Waals surface area contributed by atoms with Crippen LogP contribution in [0.3, 0.4) is 0 Å². The van der Waals surface area contributed by atoms with Gasteiger partial charge in [-0.15, -0.1) is 0 Å². The zero-order valence-electron chi connectivity index (χ0n) is 21.9. The summed E-state index contributed by atoms with van der Waals surface area (Å²) in [5.74, 6) is -1.98. The van der Waals surface area contributed by atoms with E-state index in [1.165, 1.54) is 15.9 Å². The molecule has 4 rings (SSSR count). The summed E-state index contributed by atoms with van der Waals surface area (Å²) < 4.78 is 40.6. The third-order valence-electron chi connectivity index (χ3n) is 5.37. The number of carbonyl (C=O) groups excluding carboxylic acids is 2. The topological polar surface area (TPSA) is 147 Å². The Morgan fingerprint density at radius 2 is 0.951 bits per heavy atom. The molecule has 0 saturated carbocycles. The lowest BCUT2D eigenvalue weighted by atomic mass is 10.1. The Hall–Kier alpha value is -3.92. The Morgan fingerprint density at radius 1 is 0.610 bits per heavy atom. The summed E-state index contributed by atoms with van der Waals surface area (Å²) in [6.45, 7) is -1.51. The van der Waals surface area contributed by atoms with Crippen molar-refractivity contribution in [2.75, 3.05) is 26.4 Å². The number of aliphatic hydroxyl groups excluding tert-OH is 2. The average Bonchev–Trinajstić information content (AvgIpc) is 3.00. The molecule has 0 aliphatic heterocycles. The molecule has 0 radical (unpaired) electrons. The fourth-order valence-corrected chi connectivity index (χ4v) is 6.46. The van der Waals surface area contributed by atoms with Gasteiger partial charge in [0.05, 0.1) is 29.2 Å². The maximum Gasteiger partial charge on any atom is 0.338 e. The molecule has 4 aromatic carbocycles.